The molecule has 25 heavy (non-hydrogen) atoms. The van der Waals surface area contributed by atoms with Gasteiger partial charge in [0.15, 0.2) is 9.84 Å². The van der Waals surface area contributed by atoms with Crippen molar-refractivity contribution in [1.82, 2.24) is 4.90 Å². The first kappa shape index (κ1) is 19.5. The van der Waals surface area contributed by atoms with E-state index in [1.54, 1.807) is 41.3 Å². The predicted octanol–water partition coefficient (Wildman–Crippen LogP) is 3.86. The van der Waals surface area contributed by atoms with E-state index >= 15 is 0 Å². The third-order valence-electron chi connectivity index (χ3n) is 3.96. The third-order valence-corrected chi connectivity index (χ3v) is 5.93. The van der Waals surface area contributed by atoms with E-state index in [-0.39, 0.29) is 23.0 Å². The van der Waals surface area contributed by atoms with Crippen LogP contribution in [0.3, 0.4) is 0 Å². The Kier molecular flexibility index (Phi) is 6.62. The van der Waals surface area contributed by atoms with E-state index in [9.17, 15) is 13.2 Å². The van der Waals surface area contributed by atoms with Gasteiger partial charge in [-0.25, -0.2) is 8.42 Å². The van der Waals surface area contributed by atoms with Crippen LogP contribution < -0.4 is 0 Å². The van der Waals surface area contributed by atoms with Crippen LogP contribution in [0.5, 0.6) is 0 Å². The summed E-state index contributed by atoms with van der Waals surface area (Å²) in [6, 6.07) is 14.0. The van der Waals surface area contributed by atoms with Crippen LogP contribution in [0.25, 0.3) is 0 Å². The lowest BCUT2D eigenvalue weighted by Crippen LogP contribution is -2.31. The molecule has 0 saturated carbocycles. The van der Waals surface area contributed by atoms with Crippen LogP contribution in [0.15, 0.2) is 53.4 Å². The van der Waals surface area contributed by atoms with Gasteiger partial charge in [0.25, 0.3) is 0 Å². The number of hydrogen-bond acceptors (Lipinski definition) is 3. The molecule has 0 aliphatic carbocycles. The molecule has 4 nitrogen and oxygen atoms in total. The number of amides is 1. The van der Waals surface area contributed by atoms with E-state index in [0.29, 0.717) is 18.1 Å². The normalized spacial score (nSPS) is 11.3. The van der Waals surface area contributed by atoms with Crippen LogP contribution >= 0.6 is 11.6 Å². The zero-order valence-corrected chi connectivity index (χ0v) is 16.0. The number of halogens is 1. The highest BCUT2D eigenvalue weighted by molar-refractivity contribution is 7.91. The number of carbonyl (C=O) groups excluding carboxylic acids is 1. The molecule has 0 saturated heterocycles. The predicted molar refractivity (Wildman–Crippen MR) is 100 cm³/mol. The summed E-state index contributed by atoms with van der Waals surface area (Å²) >= 11 is 5.97. The Balaban J connectivity index is 2.00. The van der Waals surface area contributed by atoms with Crippen molar-refractivity contribution in [3.05, 3.63) is 64.7 Å². The van der Waals surface area contributed by atoms with E-state index in [2.05, 4.69) is 0 Å². The van der Waals surface area contributed by atoms with E-state index in [1.807, 2.05) is 26.0 Å². The van der Waals surface area contributed by atoms with Crippen molar-refractivity contribution in [2.75, 3.05) is 12.3 Å². The van der Waals surface area contributed by atoms with Gasteiger partial charge in [-0.3, -0.25) is 4.79 Å². The minimum Gasteiger partial charge on any atom is -0.339 e. The summed E-state index contributed by atoms with van der Waals surface area (Å²) in [5, 5.41) is 0.614. The molecule has 2 aromatic rings. The third kappa shape index (κ3) is 5.58. The van der Waals surface area contributed by atoms with Crippen LogP contribution in [-0.4, -0.2) is 31.5 Å². The standard InChI is InChI=1S/C19H22ClNO3S/c1-3-21(14-16-5-4-6-17(20)13-16)19(22)11-12-25(23,24)18-9-7-15(2)8-10-18/h4-10,13H,3,11-12,14H2,1-2H3. The number of nitrogens with zero attached hydrogens (tertiary/aromatic N) is 1. The average Bonchev–Trinajstić information content (AvgIpc) is 2.58. The number of rotatable bonds is 7. The molecule has 2 rings (SSSR count). The topological polar surface area (TPSA) is 54.5 Å². The highest BCUT2D eigenvalue weighted by atomic mass is 35.5. The highest BCUT2D eigenvalue weighted by Gasteiger charge is 2.19. The minimum absolute atomic E-state index is 0.0371. The van der Waals surface area contributed by atoms with Crippen molar-refractivity contribution in [3.8, 4) is 0 Å². The fourth-order valence-electron chi connectivity index (χ4n) is 2.48. The van der Waals surface area contributed by atoms with Gasteiger partial charge < -0.3 is 4.90 Å². The van der Waals surface area contributed by atoms with Gasteiger partial charge in [-0.15, -0.1) is 0 Å². The summed E-state index contributed by atoms with van der Waals surface area (Å²) in [6.45, 7) is 4.70. The summed E-state index contributed by atoms with van der Waals surface area (Å²) in [7, 11) is -3.46. The number of carbonyl (C=O) groups is 1. The van der Waals surface area contributed by atoms with Crippen LogP contribution in [0.2, 0.25) is 5.02 Å². The lowest BCUT2D eigenvalue weighted by atomic mass is 10.2. The van der Waals surface area contributed by atoms with E-state index < -0.39 is 9.84 Å². The number of sulfone groups is 1. The van der Waals surface area contributed by atoms with Crippen molar-refractivity contribution in [1.29, 1.82) is 0 Å². The number of aryl methyl sites for hydroxylation is 1. The van der Waals surface area contributed by atoms with Crippen molar-refractivity contribution in [2.45, 2.75) is 31.7 Å². The number of hydrogen-bond donors (Lipinski definition) is 0. The smallest absolute Gasteiger partial charge is 0.223 e. The van der Waals surface area contributed by atoms with Gasteiger partial charge in [-0.1, -0.05) is 41.4 Å². The maximum Gasteiger partial charge on any atom is 0.223 e. The van der Waals surface area contributed by atoms with Crippen molar-refractivity contribution < 1.29 is 13.2 Å². The van der Waals surface area contributed by atoms with Crippen LogP contribution in [-0.2, 0) is 21.2 Å². The Labute approximate surface area is 154 Å². The first-order valence-corrected chi connectivity index (χ1v) is 10.2. The zero-order chi connectivity index (χ0) is 18.4. The quantitative estimate of drug-likeness (QED) is 0.734. The van der Waals surface area contributed by atoms with E-state index in [0.717, 1.165) is 11.1 Å². The van der Waals surface area contributed by atoms with Gasteiger partial charge >= 0.3 is 0 Å². The molecule has 6 heteroatoms. The molecule has 0 aliphatic heterocycles. The molecule has 134 valence electrons. The Morgan fingerprint density at radius 1 is 1.12 bits per heavy atom. The molecule has 0 heterocycles. The lowest BCUT2D eigenvalue weighted by Gasteiger charge is -2.21. The lowest BCUT2D eigenvalue weighted by molar-refractivity contribution is -0.131. The zero-order valence-electron chi connectivity index (χ0n) is 14.4. The van der Waals surface area contributed by atoms with E-state index in [4.69, 9.17) is 11.6 Å². The van der Waals surface area contributed by atoms with Gasteiger partial charge in [0.05, 0.1) is 10.6 Å². The summed E-state index contributed by atoms with van der Waals surface area (Å²) in [5.41, 5.74) is 1.91. The van der Waals surface area contributed by atoms with Gasteiger partial charge in [-0.05, 0) is 43.7 Å². The Hall–Kier alpha value is -1.85. The molecule has 0 fully saturated rings. The second kappa shape index (κ2) is 8.50. The van der Waals surface area contributed by atoms with Crippen molar-refractivity contribution in [3.63, 3.8) is 0 Å². The van der Waals surface area contributed by atoms with Crippen molar-refractivity contribution in [2.24, 2.45) is 0 Å². The first-order chi connectivity index (χ1) is 11.8. The Morgan fingerprint density at radius 3 is 2.40 bits per heavy atom. The monoisotopic (exact) mass is 379 g/mol. The van der Waals surface area contributed by atoms with Crippen LogP contribution in [0.1, 0.15) is 24.5 Å². The highest BCUT2D eigenvalue weighted by Crippen LogP contribution is 2.16. The van der Waals surface area contributed by atoms with Gasteiger partial charge in [-0.2, -0.15) is 0 Å². The summed E-state index contributed by atoms with van der Waals surface area (Å²) in [5.74, 6) is -0.376. The van der Waals surface area contributed by atoms with Gasteiger partial charge in [0, 0.05) is 24.5 Å². The average molecular weight is 380 g/mol. The molecular weight excluding hydrogens is 358 g/mol. The molecule has 2 aromatic carbocycles. The number of benzene rings is 2. The SMILES string of the molecule is CCN(Cc1cccc(Cl)c1)C(=O)CCS(=O)(=O)c1ccc(C)cc1. The molecule has 0 aromatic heterocycles. The van der Waals surface area contributed by atoms with Gasteiger partial charge in [0.1, 0.15) is 0 Å². The second-order valence-corrected chi connectivity index (χ2v) is 8.47. The largest absolute Gasteiger partial charge is 0.339 e. The second-order valence-electron chi connectivity index (χ2n) is 5.92. The van der Waals surface area contributed by atoms with E-state index in [1.165, 1.54) is 0 Å². The molecule has 0 bridgehead atoms. The minimum atomic E-state index is -3.46. The first-order valence-electron chi connectivity index (χ1n) is 8.13. The van der Waals surface area contributed by atoms with Crippen LogP contribution in [0, 0.1) is 6.92 Å². The van der Waals surface area contributed by atoms with Crippen molar-refractivity contribution >= 4 is 27.3 Å². The maximum atomic E-state index is 12.4. The molecule has 0 N–H and O–H groups in total. The Bertz CT molecular complexity index is 832. The Morgan fingerprint density at radius 2 is 1.80 bits per heavy atom. The molecule has 0 radical (unpaired) electrons. The molecule has 0 atom stereocenters. The summed E-state index contributed by atoms with van der Waals surface area (Å²) < 4.78 is 24.7. The summed E-state index contributed by atoms with van der Waals surface area (Å²) in [6.07, 6.45) is -0.0371. The summed E-state index contributed by atoms with van der Waals surface area (Å²) in [4.78, 5) is 14.3. The molecule has 0 unspecified atom stereocenters. The molecule has 1 amide bonds. The molecule has 0 spiro atoms. The molecule has 0 aliphatic rings. The fraction of sp³-hybridized carbons (Fsp3) is 0.316. The molecular formula is C19H22ClNO3S. The van der Waals surface area contributed by atoms with Crippen LogP contribution in [0.4, 0.5) is 0 Å². The van der Waals surface area contributed by atoms with Gasteiger partial charge in [0.2, 0.25) is 5.91 Å². The maximum absolute atomic E-state index is 12.4. The fourth-order valence-corrected chi connectivity index (χ4v) is 3.92.